The normalized spacial score (nSPS) is 12.3. The van der Waals surface area contributed by atoms with Gasteiger partial charge in [-0.1, -0.05) is 0 Å². The van der Waals surface area contributed by atoms with Crippen LogP contribution in [0.1, 0.15) is 57.1 Å². The zero-order valence-electron chi connectivity index (χ0n) is 13.6. The lowest BCUT2D eigenvalue weighted by Crippen LogP contribution is -2.32. The highest BCUT2D eigenvalue weighted by molar-refractivity contribution is 5.95. The minimum absolute atomic E-state index is 0.187. The SMILES string of the molecule is Cc1c(C(=O)NCCC(C)(C)C(=O)O)cnn1C(C)(C)C. The Hall–Kier alpha value is -1.85. The van der Waals surface area contributed by atoms with E-state index in [-0.39, 0.29) is 11.4 Å². The van der Waals surface area contributed by atoms with Gasteiger partial charge < -0.3 is 10.4 Å². The van der Waals surface area contributed by atoms with Crippen molar-refractivity contribution in [3.63, 3.8) is 0 Å². The lowest BCUT2D eigenvalue weighted by molar-refractivity contribution is -0.147. The van der Waals surface area contributed by atoms with Gasteiger partial charge >= 0.3 is 5.97 Å². The van der Waals surface area contributed by atoms with Crippen LogP contribution >= 0.6 is 0 Å². The van der Waals surface area contributed by atoms with E-state index in [1.807, 2.05) is 32.4 Å². The maximum atomic E-state index is 12.1. The second kappa shape index (κ2) is 5.87. The largest absolute Gasteiger partial charge is 0.481 e. The number of nitrogens with zero attached hydrogens (tertiary/aromatic N) is 2. The summed E-state index contributed by atoms with van der Waals surface area (Å²) >= 11 is 0. The zero-order chi connectivity index (χ0) is 16.4. The second-order valence-corrected chi connectivity index (χ2v) is 6.92. The van der Waals surface area contributed by atoms with Crippen molar-refractivity contribution in [2.24, 2.45) is 5.41 Å². The van der Waals surface area contributed by atoms with Crippen molar-refractivity contribution in [1.29, 1.82) is 0 Å². The summed E-state index contributed by atoms with van der Waals surface area (Å²) in [6.07, 6.45) is 1.93. The summed E-state index contributed by atoms with van der Waals surface area (Å²) in [7, 11) is 0. The van der Waals surface area contributed by atoms with Crippen LogP contribution in [-0.2, 0) is 10.3 Å². The molecule has 118 valence electrons. The third kappa shape index (κ3) is 4.06. The molecule has 0 aliphatic carbocycles. The zero-order valence-corrected chi connectivity index (χ0v) is 13.6. The highest BCUT2D eigenvalue weighted by atomic mass is 16.4. The molecule has 0 radical (unpaired) electrons. The van der Waals surface area contributed by atoms with E-state index in [9.17, 15) is 9.59 Å². The third-order valence-corrected chi connectivity index (χ3v) is 3.50. The Morgan fingerprint density at radius 2 is 1.86 bits per heavy atom. The Morgan fingerprint density at radius 3 is 2.29 bits per heavy atom. The Labute approximate surface area is 125 Å². The summed E-state index contributed by atoms with van der Waals surface area (Å²) in [6, 6.07) is 0. The Kier molecular flexibility index (Phi) is 4.81. The fourth-order valence-corrected chi connectivity index (χ4v) is 2.00. The summed E-state index contributed by atoms with van der Waals surface area (Å²) in [4.78, 5) is 23.2. The Morgan fingerprint density at radius 1 is 1.29 bits per heavy atom. The van der Waals surface area contributed by atoms with E-state index in [1.54, 1.807) is 20.0 Å². The number of aliphatic carboxylic acids is 1. The number of nitrogens with one attached hydrogen (secondary N) is 1. The molecule has 1 aromatic rings. The molecule has 0 unspecified atom stereocenters. The second-order valence-electron chi connectivity index (χ2n) is 6.92. The van der Waals surface area contributed by atoms with Gasteiger partial charge in [0.2, 0.25) is 0 Å². The molecule has 0 aliphatic rings. The van der Waals surface area contributed by atoms with Crippen LogP contribution in [0.4, 0.5) is 0 Å². The van der Waals surface area contributed by atoms with E-state index >= 15 is 0 Å². The van der Waals surface area contributed by atoms with Crippen molar-refractivity contribution in [2.75, 3.05) is 6.54 Å². The van der Waals surface area contributed by atoms with Crippen molar-refractivity contribution in [1.82, 2.24) is 15.1 Å². The predicted molar refractivity (Wildman–Crippen MR) is 80.3 cm³/mol. The van der Waals surface area contributed by atoms with Crippen molar-refractivity contribution in [3.05, 3.63) is 17.5 Å². The highest BCUT2D eigenvalue weighted by Gasteiger charge is 2.27. The number of carbonyl (C=O) groups excluding carboxylic acids is 1. The van der Waals surface area contributed by atoms with E-state index < -0.39 is 11.4 Å². The molecule has 2 N–H and O–H groups in total. The molecule has 6 nitrogen and oxygen atoms in total. The molecule has 0 spiro atoms. The molecule has 0 bridgehead atoms. The van der Waals surface area contributed by atoms with Crippen LogP contribution in [0.25, 0.3) is 0 Å². The maximum absolute atomic E-state index is 12.1. The molecule has 1 amide bonds. The minimum atomic E-state index is -0.867. The topological polar surface area (TPSA) is 84.2 Å². The number of hydrogen-bond donors (Lipinski definition) is 2. The van der Waals surface area contributed by atoms with Crippen LogP contribution in [0.2, 0.25) is 0 Å². The molecule has 21 heavy (non-hydrogen) atoms. The molecular formula is C15H25N3O3. The molecular weight excluding hydrogens is 270 g/mol. The first-order valence-electron chi connectivity index (χ1n) is 7.03. The molecule has 0 atom stereocenters. The maximum Gasteiger partial charge on any atom is 0.309 e. The van der Waals surface area contributed by atoms with Crippen molar-refractivity contribution < 1.29 is 14.7 Å². The number of carboxylic acid groups (broad SMARTS) is 1. The van der Waals surface area contributed by atoms with Gasteiger partial charge in [-0.25, -0.2) is 0 Å². The third-order valence-electron chi connectivity index (χ3n) is 3.50. The standard InChI is InChI=1S/C15H25N3O3/c1-10-11(9-17-18(10)14(2,3)4)12(19)16-8-7-15(5,6)13(20)21/h9H,7-8H2,1-6H3,(H,16,19)(H,20,21). The minimum Gasteiger partial charge on any atom is -0.481 e. The lowest BCUT2D eigenvalue weighted by atomic mass is 9.90. The van der Waals surface area contributed by atoms with E-state index in [2.05, 4.69) is 10.4 Å². The average molecular weight is 295 g/mol. The lowest BCUT2D eigenvalue weighted by Gasteiger charge is -2.21. The van der Waals surface area contributed by atoms with E-state index in [0.29, 0.717) is 18.5 Å². The predicted octanol–water partition coefficient (Wildman–Crippen LogP) is 2.18. The molecule has 1 aromatic heterocycles. The van der Waals surface area contributed by atoms with Gasteiger partial charge in [-0.15, -0.1) is 0 Å². The molecule has 0 aromatic carbocycles. The number of hydrogen-bond acceptors (Lipinski definition) is 3. The molecule has 0 aliphatic heterocycles. The van der Waals surface area contributed by atoms with Gasteiger partial charge in [-0.3, -0.25) is 14.3 Å². The monoisotopic (exact) mass is 295 g/mol. The first-order valence-corrected chi connectivity index (χ1v) is 7.03. The summed E-state index contributed by atoms with van der Waals surface area (Å²) in [5.74, 6) is -1.09. The summed E-state index contributed by atoms with van der Waals surface area (Å²) in [5.41, 5.74) is 0.293. The first kappa shape index (κ1) is 17.2. The van der Waals surface area contributed by atoms with Crippen LogP contribution < -0.4 is 5.32 Å². The molecule has 0 saturated heterocycles. The van der Waals surface area contributed by atoms with Gasteiger partial charge in [0.05, 0.1) is 22.7 Å². The number of carbonyl (C=O) groups is 2. The van der Waals surface area contributed by atoms with E-state index in [0.717, 1.165) is 5.69 Å². The fourth-order valence-electron chi connectivity index (χ4n) is 2.00. The van der Waals surface area contributed by atoms with E-state index in [4.69, 9.17) is 5.11 Å². The van der Waals surface area contributed by atoms with Gasteiger partial charge in [-0.2, -0.15) is 5.10 Å². The van der Waals surface area contributed by atoms with Crippen LogP contribution in [0.3, 0.4) is 0 Å². The van der Waals surface area contributed by atoms with Crippen molar-refractivity contribution >= 4 is 11.9 Å². The van der Waals surface area contributed by atoms with Crippen LogP contribution in [0.5, 0.6) is 0 Å². The summed E-state index contributed by atoms with van der Waals surface area (Å²) in [6.45, 7) is 11.5. The smallest absolute Gasteiger partial charge is 0.309 e. The molecule has 6 heteroatoms. The number of rotatable bonds is 5. The molecule has 1 heterocycles. The number of aromatic nitrogens is 2. The molecule has 0 saturated carbocycles. The molecule has 0 fully saturated rings. The summed E-state index contributed by atoms with van der Waals surface area (Å²) < 4.78 is 1.81. The van der Waals surface area contributed by atoms with Gasteiger partial charge in [0.1, 0.15) is 0 Å². The first-order chi connectivity index (χ1) is 9.47. The van der Waals surface area contributed by atoms with Gasteiger partial charge in [0, 0.05) is 12.2 Å². The highest BCUT2D eigenvalue weighted by Crippen LogP contribution is 2.20. The van der Waals surface area contributed by atoms with Gasteiger partial charge in [0.15, 0.2) is 0 Å². The molecule has 1 rings (SSSR count). The van der Waals surface area contributed by atoms with Crippen LogP contribution in [0.15, 0.2) is 6.20 Å². The van der Waals surface area contributed by atoms with Crippen LogP contribution in [-0.4, -0.2) is 33.3 Å². The van der Waals surface area contributed by atoms with Crippen molar-refractivity contribution in [3.8, 4) is 0 Å². The van der Waals surface area contributed by atoms with E-state index in [1.165, 1.54) is 0 Å². The fraction of sp³-hybridized carbons (Fsp3) is 0.667. The quantitative estimate of drug-likeness (QED) is 0.872. The number of amides is 1. The van der Waals surface area contributed by atoms with Crippen molar-refractivity contribution in [2.45, 2.75) is 53.5 Å². The van der Waals surface area contributed by atoms with Gasteiger partial charge in [0.25, 0.3) is 5.91 Å². The van der Waals surface area contributed by atoms with Crippen LogP contribution in [0, 0.1) is 12.3 Å². The average Bonchev–Trinajstić information content (AvgIpc) is 2.70. The number of carboxylic acids is 1. The van der Waals surface area contributed by atoms with Gasteiger partial charge in [-0.05, 0) is 48.0 Å². The summed E-state index contributed by atoms with van der Waals surface area (Å²) in [5, 5.41) is 16.0. The Balaban J connectivity index is 2.70. The Bertz CT molecular complexity index is 539.